The number of nitrogens with two attached hydrogens (primary N) is 1. The first-order valence-corrected chi connectivity index (χ1v) is 4.76. The summed E-state index contributed by atoms with van der Waals surface area (Å²) in [6.45, 7) is 3.58. The van der Waals surface area contributed by atoms with Crippen LogP contribution in [-0.4, -0.2) is 11.1 Å². The van der Waals surface area contributed by atoms with Crippen molar-refractivity contribution in [3.63, 3.8) is 0 Å². The minimum absolute atomic E-state index is 0.258. The lowest BCUT2D eigenvalue weighted by Crippen LogP contribution is -2.27. The van der Waals surface area contributed by atoms with E-state index in [-0.39, 0.29) is 11.9 Å². The third-order valence-corrected chi connectivity index (χ3v) is 2.40. The van der Waals surface area contributed by atoms with Crippen molar-refractivity contribution in [1.82, 2.24) is 0 Å². The fraction of sp³-hybridized carbons (Fsp3) is 0.455. The van der Waals surface area contributed by atoms with E-state index in [2.05, 4.69) is 0 Å². The Hall–Kier alpha value is -0.930. The van der Waals surface area contributed by atoms with Crippen molar-refractivity contribution >= 4 is 0 Å². The van der Waals surface area contributed by atoms with Gasteiger partial charge in [0.15, 0.2) is 0 Å². The molecule has 0 saturated heterocycles. The Morgan fingerprint density at radius 1 is 1.50 bits per heavy atom. The van der Waals surface area contributed by atoms with Crippen LogP contribution in [0.25, 0.3) is 0 Å². The molecule has 0 unspecified atom stereocenters. The number of aryl methyl sites for hydroxylation is 1. The molecule has 2 nitrogen and oxygen atoms in total. The fourth-order valence-electron chi connectivity index (χ4n) is 1.32. The molecule has 1 aromatic carbocycles. The Balaban J connectivity index is 2.91. The van der Waals surface area contributed by atoms with Gasteiger partial charge in [-0.05, 0) is 30.5 Å². The monoisotopic (exact) mass is 197 g/mol. The Morgan fingerprint density at radius 3 is 2.64 bits per heavy atom. The highest BCUT2D eigenvalue weighted by Crippen LogP contribution is 2.19. The van der Waals surface area contributed by atoms with Crippen LogP contribution in [0, 0.1) is 12.7 Å². The summed E-state index contributed by atoms with van der Waals surface area (Å²) >= 11 is 0. The van der Waals surface area contributed by atoms with Crippen LogP contribution in [0.4, 0.5) is 4.39 Å². The molecule has 0 aliphatic carbocycles. The van der Waals surface area contributed by atoms with E-state index in [1.165, 1.54) is 6.07 Å². The van der Waals surface area contributed by atoms with Crippen LogP contribution in [-0.2, 0) is 0 Å². The molecule has 3 heteroatoms. The minimum atomic E-state index is -0.709. The highest BCUT2D eigenvalue weighted by Gasteiger charge is 2.15. The third kappa shape index (κ3) is 2.30. The predicted molar refractivity (Wildman–Crippen MR) is 54.4 cm³/mol. The highest BCUT2D eigenvalue weighted by molar-refractivity contribution is 5.26. The molecule has 0 saturated carbocycles. The molecule has 1 rings (SSSR count). The van der Waals surface area contributed by atoms with E-state index in [1.807, 2.05) is 6.92 Å². The first-order chi connectivity index (χ1) is 6.56. The maximum atomic E-state index is 12.9. The topological polar surface area (TPSA) is 46.2 Å². The van der Waals surface area contributed by atoms with Crippen molar-refractivity contribution in [1.29, 1.82) is 0 Å². The smallest absolute Gasteiger partial charge is 0.126 e. The average molecular weight is 197 g/mol. The molecule has 78 valence electrons. The number of rotatable bonds is 3. The van der Waals surface area contributed by atoms with Gasteiger partial charge in [-0.15, -0.1) is 0 Å². The van der Waals surface area contributed by atoms with E-state index < -0.39 is 6.10 Å². The summed E-state index contributed by atoms with van der Waals surface area (Å²) < 4.78 is 12.9. The zero-order valence-electron chi connectivity index (χ0n) is 8.50. The van der Waals surface area contributed by atoms with Crippen molar-refractivity contribution in [2.75, 3.05) is 0 Å². The van der Waals surface area contributed by atoms with Crippen LogP contribution in [0.5, 0.6) is 0 Å². The SMILES string of the molecule is CC[C@H](N)[C@H](O)c1ccc(F)c(C)c1. The van der Waals surface area contributed by atoms with Crippen LogP contribution >= 0.6 is 0 Å². The van der Waals surface area contributed by atoms with Gasteiger partial charge >= 0.3 is 0 Å². The van der Waals surface area contributed by atoms with E-state index in [9.17, 15) is 9.50 Å². The number of benzene rings is 1. The minimum Gasteiger partial charge on any atom is -0.387 e. The maximum Gasteiger partial charge on any atom is 0.126 e. The molecule has 14 heavy (non-hydrogen) atoms. The number of aliphatic hydroxyl groups is 1. The van der Waals surface area contributed by atoms with Crippen LogP contribution in [0.1, 0.15) is 30.6 Å². The molecule has 0 aliphatic rings. The molecule has 0 aromatic heterocycles. The van der Waals surface area contributed by atoms with Gasteiger partial charge in [0.05, 0.1) is 6.10 Å². The van der Waals surface area contributed by atoms with Crippen LogP contribution in [0.2, 0.25) is 0 Å². The molecule has 2 atom stereocenters. The summed E-state index contributed by atoms with van der Waals surface area (Å²) in [6.07, 6.45) is -0.0169. The van der Waals surface area contributed by atoms with Gasteiger partial charge in [0.2, 0.25) is 0 Å². The van der Waals surface area contributed by atoms with E-state index in [1.54, 1.807) is 19.1 Å². The molecule has 0 amide bonds. The highest BCUT2D eigenvalue weighted by atomic mass is 19.1. The summed E-state index contributed by atoms with van der Waals surface area (Å²) in [5, 5.41) is 9.76. The average Bonchev–Trinajstić information content (AvgIpc) is 2.20. The van der Waals surface area contributed by atoms with Crippen molar-refractivity contribution in [3.8, 4) is 0 Å². The van der Waals surface area contributed by atoms with Gasteiger partial charge in [0.1, 0.15) is 5.82 Å². The predicted octanol–water partition coefficient (Wildman–Crippen LogP) is 1.90. The molecule has 0 radical (unpaired) electrons. The second kappa shape index (κ2) is 4.53. The Labute approximate surface area is 83.6 Å². The van der Waals surface area contributed by atoms with Gasteiger partial charge in [-0.2, -0.15) is 0 Å². The number of hydrogen-bond acceptors (Lipinski definition) is 2. The first kappa shape index (κ1) is 11.1. The fourth-order valence-corrected chi connectivity index (χ4v) is 1.32. The molecular formula is C11H16FNO. The quantitative estimate of drug-likeness (QED) is 0.777. The second-order valence-electron chi connectivity index (χ2n) is 3.53. The number of hydrogen-bond donors (Lipinski definition) is 2. The van der Waals surface area contributed by atoms with Crippen LogP contribution in [0.3, 0.4) is 0 Å². The van der Waals surface area contributed by atoms with E-state index in [0.29, 0.717) is 17.5 Å². The van der Waals surface area contributed by atoms with Gasteiger partial charge in [0.25, 0.3) is 0 Å². The summed E-state index contributed by atoms with van der Waals surface area (Å²) in [5.41, 5.74) is 6.90. The molecular weight excluding hydrogens is 181 g/mol. The zero-order chi connectivity index (χ0) is 10.7. The third-order valence-electron chi connectivity index (χ3n) is 2.40. The zero-order valence-corrected chi connectivity index (χ0v) is 8.50. The van der Waals surface area contributed by atoms with Crippen molar-refractivity contribution in [2.45, 2.75) is 32.4 Å². The summed E-state index contributed by atoms with van der Waals surface area (Å²) in [7, 11) is 0. The number of halogens is 1. The van der Waals surface area contributed by atoms with Crippen molar-refractivity contribution in [2.24, 2.45) is 5.73 Å². The summed E-state index contributed by atoms with van der Waals surface area (Å²) in [4.78, 5) is 0. The Bertz CT molecular complexity index is 314. The largest absolute Gasteiger partial charge is 0.387 e. The second-order valence-corrected chi connectivity index (χ2v) is 3.53. The van der Waals surface area contributed by atoms with Crippen molar-refractivity contribution < 1.29 is 9.50 Å². The Kier molecular flexibility index (Phi) is 3.61. The summed E-state index contributed by atoms with van der Waals surface area (Å²) in [5.74, 6) is -0.258. The van der Waals surface area contributed by atoms with Gasteiger partial charge in [0, 0.05) is 6.04 Å². The molecule has 1 aromatic rings. The molecule has 0 spiro atoms. The first-order valence-electron chi connectivity index (χ1n) is 4.76. The lowest BCUT2D eigenvalue weighted by Gasteiger charge is -2.17. The van der Waals surface area contributed by atoms with Gasteiger partial charge in [-0.25, -0.2) is 4.39 Å². The Morgan fingerprint density at radius 2 is 2.14 bits per heavy atom. The van der Waals surface area contributed by atoms with E-state index >= 15 is 0 Å². The lowest BCUT2D eigenvalue weighted by molar-refractivity contribution is 0.144. The van der Waals surface area contributed by atoms with Gasteiger partial charge in [-0.3, -0.25) is 0 Å². The van der Waals surface area contributed by atoms with Crippen LogP contribution in [0.15, 0.2) is 18.2 Å². The molecule has 0 heterocycles. The summed E-state index contributed by atoms with van der Waals surface area (Å²) in [6, 6.07) is 4.27. The van der Waals surface area contributed by atoms with Crippen molar-refractivity contribution in [3.05, 3.63) is 35.1 Å². The molecule has 3 N–H and O–H groups in total. The normalized spacial score (nSPS) is 15.2. The van der Waals surface area contributed by atoms with E-state index in [4.69, 9.17) is 5.73 Å². The van der Waals surface area contributed by atoms with Gasteiger partial charge in [-0.1, -0.05) is 19.1 Å². The molecule has 0 aliphatic heterocycles. The van der Waals surface area contributed by atoms with E-state index in [0.717, 1.165) is 0 Å². The number of aliphatic hydroxyl groups excluding tert-OH is 1. The molecule has 0 fully saturated rings. The van der Waals surface area contributed by atoms with Gasteiger partial charge < -0.3 is 10.8 Å². The standard InChI is InChI=1S/C11H16FNO/c1-3-10(13)11(14)8-4-5-9(12)7(2)6-8/h4-6,10-11,14H,3,13H2,1-2H3/t10-,11+/m0/s1. The lowest BCUT2D eigenvalue weighted by atomic mass is 9.99. The molecule has 0 bridgehead atoms. The maximum absolute atomic E-state index is 12.9. The van der Waals surface area contributed by atoms with Crippen LogP contribution < -0.4 is 5.73 Å².